The van der Waals surface area contributed by atoms with Gasteiger partial charge < -0.3 is 15.5 Å². The maximum Gasteiger partial charge on any atom is 0.225 e. The van der Waals surface area contributed by atoms with Crippen molar-refractivity contribution in [3.05, 3.63) is 61.2 Å². The van der Waals surface area contributed by atoms with Crippen LogP contribution >= 0.6 is 0 Å². The van der Waals surface area contributed by atoms with Crippen LogP contribution in [0.1, 0.15) is 0 Å². The first-order chi connectivity index (χ1) is 14.2. The van der Waals surface area contributed by atoms with E-state index in [4.69, 9.17) is 5.73 Å². The number of fused-ring (bicyclic) bond motifs is 1. The largest absolute Gasteiger partial charge is 0.399 e. The van der Waals surface area contributed by atoms with Crippen molar-refractivity contribution in [3.8, 4) is 22.4 Å². The molecule has 5 rings (SSSR count). The lowest BCUT2D eigenvalue weighted by Crippen LogP contribution is -2.45. The first-order valence-electron chi connectivity index (χ1n) is 9.76. The standard InChI is InChI=1S/C22H23N7/c1-27-8-10-28(11-9-27)22-25-13-18(14-26-22)17-6-7-29-20(15-24-21(29)12-17)16-2-4-19(23)5-3-16/h2-7,12-15H,8-11,23H2,1H3. The third-order valence-corrected chi connectivity index (χ3v) is 5.48. The quantitative estimate of drug-likeness (QED) is 0.547. The molecule has 7 nitrogen and oxygen atoms in total. The third kappa shape index (κ3) is 3.40. The molecule has 146 valence electrons. The van der Waals surface area contributed by atoms with Gasteiger partial charge in [-0.2, -0.15) is 0 Å². The van der Waals surface area contributed by atoms with Gasteiger partial charge in [0.25, 0.3) is 0 Å². The lowest BCUT2D eigenvalue weighted by atomic mass is 10.1. The Bertz CT molecular complexity index is 1120. The summed E-state index contributed by atoms with van der Waals surface area (Å²) in [6.45, 7) is 4.00. The minimum Gasteiger partial charge on any atom is -0.399 e. The van der Waals surface area contributed by atoms with Crippen LogP contribution in [0, 0.1) is 0 Å². The van der Waals surface area contributed by atoms with E-state index in [1.165, 1.54) is 0 Å². The summed E-state index contributed by atoms with van der Waals surface area (Å²) < 4.78 is 2.08. The summed E-state index contributed by atoms with van der Waals surface area (Å²) in [7, 11) is 2.14. The van der Waals surface area contributed by atoms with Gasteiger partial charge in [0, 0.05) is 61.6 Å². The van der Waals surface area contributed by atoms with E-state index < -0.39 is 0 Å². The van der Waals surface area contributed by atoms with Crippen LogP contribution in [0.25, 0.3) is 28.0 Å². The normalized spacial score (nSPS) is 15.1. The number of pyridine rings is 1. The Kier molecular flexibility index (Phi) is 4.37. The molecule has 0 bridgehead atoms. The second kappa shape index (κ2) is 7.18. The van der Waals surface area contributed by atoms with Crippen molar-refractivity contribution >= 4 is 17.3 Å². The van der Waals surface area contributed by atoms with Gasteiger partial charge in [-0.15, -0.1) is 0 Å². The van der Waals surface area contributed by atoms with Crippen molar-refractivity contribution in [1.29, 1.82) is 0 Å². The fourth-order valence-corrected chi connectivity index (χ4v) is 3.67. The summed E-state index contributed by atoms with van der Waals surface area (Å²) in [6, 6.07) is 12.0. The summed E-state index contributed by atoms with van der Waals surface area (Å²) in [4.78, 5) is 18.3. The van der Waals surface area contributed by atoms with E-state index in [0.29, 0.717) is 0 Å². The van der Waals surface area contributed by atoms with E-state index >= 15 is 0 Å². The molecule has 0 radical (unpaired) electrons. The average molecular weight is 385 g/mol. The number of piperazine rings is 1. The van der Waals surface area contributed by atoms with Gasteiger partial charge in [0.2, 0.25) is 5.95 Å². The molecule has 0 amide bonds. The molecule has 3 aromatic heterocycles. The molecule has 4 aromatic rings. The molecule has 7 heteroatoms. The van der Waals surface area contributed by atoms with Crippen LogP contribution in [0.5, 0.6) is 0 Å². The number of anilines is 2. The van der Waals surface area contributed by atoms with Crippen LogP contribution in [-0.2, 0) is 0 Å². The second-order valence-electron chi connectivity index (χ2n) is 7.47. The molecule has 0 unspecified atom stereocenters. The summed E-state index contributed by atoms with van der Waals surface area (Å²) in [5.41, 5.74) is 11.6. The van der Waals surface area contributed by atoms with Gasteiger partial charge in [0.15, 0.2) is 0 Å². The number of likely N-dealkylation sites (N-methyl/N-ethyl adjacent to an activating group) is 1. The number of nitrogen functional groups attached to an aromatic ring is 1. The SMILES string of the molecule is CN1CCN(c2ncc(-c3ccn4c(-c5ccc(N)cc5)cnc4c3)cn2)CC1. The lowest BCUT2D eigenvalue weighted by Gasteiger charge is -2.32. The zero-order valence-electron chi connectivity index (χ0n) is 16.4. The minimum absolute atomic E-state index is 0.755. The van der Waals surface area contributed by atoms with Gasteiger partial charge in [0.1, 0.15) is 5.65 Å². The maximum absolute atomic E-state index is 5.80. The van der Waals surface area contributed by atoms with Crippen molar-refractivity contribution < 1.29 is 0 Å². The summed E-state index contributed by atoms with van der Waals surface area (Å²) in [5, 5.41) is 0. The highest BCUT2D eigenvalue weighted by Gasteiger charge is 2.16. The summed E-state index contributed by atoms with van der Waals surface area (Å²) in [6.07, 6.45) is 7.72. The van der Waals surface area contributed by atoms with Crippen molar-refractivity contribution in [2.24, 2.45) is 0 Å². The number of rotatable bonds is 3. The van der Waals surface area contributed by atoms with E-state index in [-0.39, 0.29) is 0 Å². The molecule has 1 aliphatic rings. The minimum atomic E-state index is 0.755. The number of benzene rings is 1. The molecule has 1 saturated heterocycles. The molecule has 1 aliphatic heterocycles. The average Bonchev–Trinajstić information content (AvgIpc) is 3.18. The van der Waals surface area contributed by atoms with Gasteiger partial charge in [-0.3, -0.25) is 4.40 Å². The van der Waals surface area contributed by atoms with E-state index in [9.17, 15) is 0 Å². The summed E-state index contributed by atoms with van der Waals surface area (Å²) in [5.74, 6) is 0.800. The zero-order chi connectivity index (χ0) is 19.8. The molecule has 0 aliphatic carbocycles. The molecular weight excluding hydrogens is 362 g/mol. The fourth-order valence-electron chi connectivity index (χ4n) is 3.67. The monoisotopic (exact) mass is 385 g/mol. The Morgan fingerprint density at radius 3 is 2.24 bits per heavy atom. The highest BCUT2D eigenvalue weighted by atomic mass is 15.3. The molecular formula is C22H23N7. The molecule has 1 aromatic carbocycles. The topological polar surface area (TPSA) is 75.6 Å². The predicted octanol–water partition coefficient (Wildman–Crippen LogP) is 2.79. The van der Waals surface area contributed by atoms with Gasteiger partial charge in [-0.1, -0.05) is 12.1 Å². The molecule has 1 fully saturated rings. The molecule has 0 saturated carbocycles. The van der Waals surface area contributed by atoms with Gasteiger partial charge >= 0.3 is 0 Å². The van der Waals surface area contributed by atoms with Gasteiger partial charge in [-0.05, 0) is 36.9 Å². The molecule has 29 heavy (non-hydrogen) atoms. The van der Waals surface area contributed by atoms with Gasteiger partial charge in [-0.25, -0.2) is 15.0 Å². The van der Waals surface area contributed by atoms with Crippen LogP contribution in [0.2, 0.25) is 0 Å². The van der Waals surface area contributed by atoms with Gasteiger partial charge in [0.05, 0.1) is 11.9 Å². The smallest absolute Gasteiger partial charge is 0.225 e. The number of imidazole rings is 1. The van der Waals surface area contributed by atoms with Crippen LogP contribution in [-0.4, -0.2) is 57.5 Å². The van der Waals surface area contributed by atoms with Crippen molar-refractivity contribution in [2.45, 2.75) is 0 Å². The lowest BCUT2D eigenvalue weighted by molar-refractivity contribution is 0.311. The van der Waals surface area contributed by atoms with E-state index in [2.05, 4.69) is 48.3 Å². The summed E-state index contributed by atoms with van der Waals surface area (Å²) >= 11 is 0. The second-order valence-corrected chi connectivity index (χ2v) is 7.47. The third-order valence-electron chi connectivity index (χ3n) is 5.48. The Hall–Kier alpha value is -3.45. The Morgan fingerprint density at radius 2 is 1.52 bits per heavy atom. The fraction of sp³-hybridized carbons (Fsp3) is 0.227. The maximum atomic E-state index is 5.80. The van der Waals surface area contributed by atoms with Crippen molar-refractivity contribution in [1.82, 2.24) is 24.3 Å². The Morgan fingerprint density at radius 1 is 0.793 bits per heavy atom. The number of aromatic nitrogens is 4. The van der Waals surface area contributed by atoms with E-state index in [0.717, 1.165) is 65.8 Å². The Labute approximate surface area is 169 Å². The Balaban J connectivity index is 1.41. The predicted molar refractivity (Wildman–Crippen MR) is 116 cm³/mol. The number of nitrogens with two attached hydrogens (primary N) is 1. The molecule has 4 heterocycles. The number of nitrogens with zero attached hydrogens (tertiary/aromatic N) is 6. The van der Waals surface area contributed by atoms with Crippen LogP contribution in [0.4, 0.5) is 11.6 Å². The molecule has 0 atom stereocenters. The van der Waals surface area contributed by atoms with Crippen molar-refractivity contribution in [2.75, 3.05) is 43.9 Å². The molecule has 0 spiro atoms. The number of hydrogen-bond acceptors (Lipinski definition) is 6. The first kappa shape index (κ1) is 17.6. The van der Waals surface area contributed by atoms with Crippen LogP contribution in [0.3, 0.4) is 0 Å². The highest BCUT2D eigenvalue weighted by molar-refractivity contribution is 5.71. The number of hydrogen-bond donors (Lipinski definition) is 1. The van der Waals surface area contributed by atoms with E-state index in [1.54, 1.807) is 0 Å². The van der Waals surface area contributed by atoms with Crippen LogP contribution in [0.15, 0.2) is 61.2 Å². The first-order valence-corrected chi connectivity index (χ1v) is 9.76. The molecule has 2 N–H and O–H groups in total. The zero-order valence-corrected chi connectivity index (χ0v) is 16.4. The van der Waals surface area contributed by atoms with E-state index in [1.807, 2.05) is 49.1 Å². The van der Waals surface area contributed by atoms with Crippen molar-refractivity contribution in [3.63, 3.8) is 0 Å². The van der Waals surface area contributed by atoms with Crippen LogP contribution < -0.4 is 10.6 Å². The highest BCUT2D eigenvalue weighted by Crippen LogP contribution is 2.25.